The standard InChI is InChI=1S/C21H25BrN2O3/c1-4-23-21(26)16(3)24(13-17-8-6-5-7-15(17)2)20(25)14-27-19-11-9-18(22)10-12-19/h5-12,16H,4,13-14H2,1-3H3,(H,23,26)/t16-/m0/s1. The predicted octanol–water partition coefficient (Wildman–Crippen LogP) is 3.69. The summed E-state index contributed by atoms with van der Waals surface area (Å²) in [6.45, 7) is 6.33. The summed E-state index contributed by atoms with van der Waals surface area (Å²) >= 11 is 3.37. The van der Waals surface area contributed by atoms with Crippen molar-refractivity contribution in [3.8, 4) is 5.75 Å². The van der Waals surface area contributed by atoms with Crippen LogP contribution in [0.3, 0.4) is 0 Å². The first-order valence-corrected chi connectivity index (χ1v) is 9.71. The Bertz CT molecular complexity index is 777. The monoisotopic (exact) mass is 432 g/mol. The van der Waals surface area contributed by atoms with Crippen molar-refractivity contribution < 1.29 is 14.3 Å². The summed E-state index contributed by atoms with van der Waals surface area (Å²) < 4.78 is 6.56. The van der Waals surface area contributed by atoms with Gasteiger partial charge in [0.05, 0.1) is 0 Å². The molecular formula is C21H25BrN2O3. The number of carbonyl (C=O) groups excluding carboxylic acids is 2. The SMILES string of the molecule is CCNC(=O)[C@H](C)N(Cc1ccccc1C)C(=O)COc1ccc(Br)cc1. The van der Waals surface area contributed by atoms with E-state index in [0.29, 0.717) is 18.8 Å². The molecule has 2 aromatic carbocycles. The second kappa shape index (κ2) is 10.1. The molecular weight excluding hydrogens is 408 g/mol. The van der Waals surface area contributed by atoms with Crippen molar-refractivity contribution in [1.82, 2.24) is 10.2 Å². The zero-order chi connectivity index (χ0) is 19.8. The minimum Gasteiger partial charge on any atom is -0.484 e. The maximum Gasteiger partial charge on any atom is 0.261 e. The number of hydrogen-bond donors (Lipinski definition) is 1. The van der Waals surface area contributed by atoms with Crippen LogP contribution in [0.5, 0.6) is 5.75 Å². The van der Waals surface area contributed by atoms with E-state index >= 15 is 0 Å². The number of halogens is 1. The van der Waals surface area contributed by atoms with Gasteiger partial charge in [-0.3, -0.25) is 9.59 Å². The van der Waals surface area contributed by atoms with E-state index in [1.54, 1.807) is 24.0 Å². The Balaban J connectivity index is 2.14. The predicted molar refractivity (Wildman–Crippen MR) is 110 cm³/mol. The first-order valence-electron chi connectivity index (χ1n) is 8.92. The number of hydrogen-bond acceptors (Lipinski definition) is 3. The average Bonchev–Trinajstić information content (AvgIpc) is 2.66. The van der Waals surface area contributed by atoms with E-state index in [4.69, 9.17) is 4.74 Å². The summed E-state index contributed by atoms with van der Waals surface area (Å²) in [5.74, 6) is 0.191. The summed E-state index contributed by atoms with van der Waals surface area (Å²) in [7, 11) is 0. The van der Waals surface area contributed by atoms with Gasteiger partial charge in [-0.1, -0.05) is 40.2 Å². The molecule has 1 atom stereocenters. The number of amides is 2. The second-order valence-electron chi connectivity index (χ2n) is 6.26. The van der Waals surface area contributed by atoms with Gasteiger partial charge in [0.2, 0.25) is 5.91 Å². The van der Waals surface area contributed by atoms with Gasteiger partial charge in [0.25, 0.3) is 5.91 Å². The first kappa shape index (κ1) is 21.0. The molecule has 0 bridgehead atoms. The number of nitrogens with one attached hydrogen (secondary N) is 1. The number of rotatable bonds is 8. The minimum absolute atomic E-state index is 0.128. The smallest absolute Gasteiger partial charge is 0.261 e. The molecule has 2 aromatic rings. The normalized spacial score (nSPS) is 11.6. The van der Waals surface area contributed by atoms with Crippen molar-refractivity contribution in [3.63, 3.8) is 0 Å². The molecule has 0 aliphatic carbocycles. The third kappa shape index (κ3) is 6.10. The number of likely N-dealkylation sites (N-methyl/N-ethyl adjacent to an activating group) is 1. The molecule has 0 unspecified atom stereocenters. The van der Waals surface area contributed by atoms with Gasteiger partial charge in [-0.2, -0.15) is 0 Å². The maximum atomic E-state index is 12.9. The third-order valence-electron chi connectivity index (χ3n) is 4.30. The van der Waals surface area contributed by atoms with E-state index in [1.165, 1.54) is 0 Å². The lowest BCUT2D eigenvalue weighted by molar-refractivity contribution is -0.142. The van der Waals surface area contributed by atoms with E-state index < -0.39 is 6.04 Å². The van der Waals surface area contributed by atoms with Crippen LogP contribution in [0.15, 0.2) is 53.0 Å². The molecule has 0 saturated carbocycles. The summed E-state index contributed by atoms with van der Waals surface area (Å²) in [5, 5.41) is 2.78. The van der Waals surface area contributed by atoms with Crippen LogP contribution in [0.1, 0.15) is 25.0 Å². The third-order valence-corrected chi connectivity index (χ3v) is 4.82. The number of aryl methyl sites for hydroxylation is 1. The van der Waals surface area contributed by atoms with Gasteiger partial charge in [0, 0.05) is 17.6 Å². The van der Waals surface area contributed by atoms with E-state index in [-0.39, 0.29) is 18.4 Å². The Morgan fingerprint density at radius 2 is 1.81 bits per heavy atom. The highest BCUT2D eigenvalue weighted by molar-refractivity contribution is 9.10. The molecule has 0 radical (unpaired) electrons. The van der Waals surface area contributed by atoms with Crippen LogP contribution in [0, 0.1) is 6.92 Å². The Hall–Kier alpha value is -2.34. The molecule has 2 amide bonds. The molecule has 0 spiro atoms. The zero-order valence-electron chi connectivity index (χ0n) is 15.9. The molecule has 0 aliphatic heterocycles. The summed E-state index contributed by atoms with van der Waals surface area (Å²) in [5.41, 5.74) is 2.08. The van der Waals surface area contributed by atoms with Gasteiger partial charge in [0.15, 0.2) is 6.61 Å². The number of carbonyl (C=O) groups is 2. The molecule has 0 aliphatic rings. The summed E-state index contributed by atoms with van der Waals surface area (Å²) in [6.07, 6.45) is 0. The van der Waals surface area contributed by atoms with Gasteiger partial charge in [0.1, 0.15) is 11.8 Å². The highest BCUT2D eigenvalue weighted by Crippen LogP contribution is 2.17. The number of nitrogens with zero attached hydrogens (tertiary/aromatic N) is 1. The fourth-order valence-electron chi connectivity index (χ4n) is 2.63. The zero-order valence-corrected chi connectivity index (χ0v) is 17.5. The van der Waals surface area contributed by atoms with Gasteiger partial charge in [-0.05, 0) is 56.2 Å². The Kier molecular flexibility index (Phi) is 7.85. The van der Waals surface area contributed by atoms with Gasteiger partial charge >= 0.3 is 0 Å². The quantitative estimate of drug-likeness (QED) is 0.691. The highest BCUT2D eigenvalue weighted by atomic mass is 79.9. The van der Waals surface area contributed by atoms with E-state index in [2.05, 4.69) is 21.2 Å². The molecule has 27 heavy (non-hydrogen) atoms. The van der Waals surface area contributed by atoms with Crippen LogP contribution in [0.25, 0.3) is 0 Å². The highest BCUT2D eigenvalue weighted by Gasteiger charge is 2.26. The van der Waals surface area contributed by atoms with Crippen LogP contribution in [-0.2, 0) is 16.1 Å². The van der Waals surface area contributed by atoms with Crippen molar-refractivity contribution in [2.75, 3.05) is 13.2 Å². The lowest BCUT2D eigenvalue weighted by atomic mass is 10.1. The Morgan fingerprint density at radius 1 is 1.15 bits per heavy atom. The Labute approximate surface area is 168 Å². The minimum atomic E-state index is -0.592. The van der Waals surface area contributed by atoms with E-state index in [1.807, 2.05) is 50.2 Å². The van der Waals surface area contributed by atoms with Crippen LogP contribution < -0.4 is 10.1 Å². The molecule has 144 valence electrons. The molecule has 0 fully saturated rings. The van der Waals surface area contributed by atoms with Crippen molar-refractivity contribution >= 4 is 27.7 Å². The lowest BCUT2D eigenvalue weighted by Gasteiger charge is -2.29. The molecule has 0 aromatic heterocycles. The number of ether oxygens (including phenoxy) is 1. The van der Waals surface area contributed by atoms with Crippen LogP contribution >= 0.6 is 15.9 Å². The van der Waals surface area contributed by atoms with Gasteiger partial charge in [-0.25, -0.2) is 0 Å². The maximum absolute atomic E-state index is 12.9. The van der Waals surface area contributed by atoms with Gasteiger partial charge < -0.3 is 15.0 Å². The molecule has 0 heterocycles. The average molecular weight is 433 g/mol. The van der Waals surface area contributed by atoms with Crippen LogP contribution in [0.4, 0.5) is 0 Å². The number of benzene rings is 2. The topological polar surface area (TPSA) is 58.6 Å². The fraction of sp³-hybridized carbons (Fsp3) is 0.333. The molecule has 0 saturated heterocycles. The lowest BCUT2D eigenvalue weighted by Crippen LogP contribution is -2.49. The first-order chi connectivity index (χ1) is 12.9. The molecule has 1 N–H and O–H groups in total. The largest absolute Gasteiger partial charge is 0.484 e. The van der Waals surface area contributed by atoms with Crippen molar-refractivity contribution in [3.05, 3.63) is 64.1 Å². The van der Waals surface area contributed by atoms with Crippen molar-refractivity contribution in [1.29, 1.82) is 0 Å². The van der Waals surface area contributed by atoms with Gasteiger partial charge in [-0.15, -0.1) is 0 Å². The molecule has 2 rings (SSSR count). The van der Waals surface area contributed by atoms with Crippen molar-refractivity contribution in [2.45, 2.75) is 33.4 Å². The Morgan fingerprint density at radius 3 is 2.44 bits per heavy atom. The second-order valence-corrected chi connectivity index (χ2v) is 7.18. The van der Waals surface area contributed by atoms with Crippen LogP contribution in [0.2, 0.25) is 0 Å². The summed E-state index contributed by atoms with van der Waals surface area (Å²) in [4.78, 5) is 26.7. The van der Waals surface area contributed by atoms with E-state index in [9.17, 15) is 9.59 Å². The summed E-state index contributed by atoms with van der Waals surface area (Å²) in [6, 6.07) is 14.5. The van der Waals surface area contributed by atoms with Crippen LogP contribution in [-0.4, -0.2) is 35.9 Å². The molecule has 6 heteroatoms. The molecule has 5 nitrogen and oxygen atoms in total. The fourth-order valence-corrected chi connectivity index (χ4v) is 2.90. The van der Waals surface area contributed by atoms with E-state index in [0.717, 1.165) is 15.6 Å². The van der Waals surface area contributed by atoms with Crippen molar-refractivity contribution in [2.24, 2.45) is 0 Å².